The molecular weight excluding hydrogens is 124 g/mol. The van der Waals surface area contributed by atoms with E-state index in [4.69, 9.17) is 4.74 Å². The molecule has 0 amide bonds. The van der Waals surface area contributed by atoms with Crippen molar-refractivity contribution in [2.45, 2.75) is 45.6 Å². The highest BCUT2D eigenvalue weighted by atomic mass is 16.5. The van der Waals surface area contributed by atoms with Crippen LogP contribution in [0.15, 0.2) is 0 Å². The molecule has 1 saturated carbocycles. The van der Waals surface area contributed by atoms with Gasteiger partial charge in [-0.3, -0.25) is 0 Å². The first-order valence-corrected chi connectivity index (χ1v) is 4.46. The molecule has 0 N–H and O–H groups in total. The Labute approximate surface area is 63.8 Å². The Hall–Kier alpha value is -0.0400. The van der Waals surface area contributed by atoms with Gasteiger partial charge in [-0.2, -0.15) is 0 Å². The molecule has 0 aromatic carbocycles. The Bertz CT molecular complexity index is 86.7. The molecule has 10 heavy (non-hydrogen) atoms. The van der Waals surface area contributed by atoms with Gasteiger partial charge < -0.3 is 4.74 Å². The van der Waals surface area contributed by atoms with Crippen LogP contribution in [0, 0.1) is 5.92 Å². The van der Waals surface area contributed by atoms with E-state index in [0.29, 0.717) is 6.10 Å². The molecule has 1 fully saturated rings. The lowest BCUT2D eigenvalue weighted by Crippen LogP contribution is -2.10. The smallest absolute Gasteiger partial charge is 0.0575 e. The summed E-state index contributed by atoms with van der Waals surface area (Å²) in [7, 11) is 0. The van der Waals surface area contributed by atoms with Gasteiger partial charge in [-0.25, -0.2) is 0 Å². The van der Waals surface area contributed by atoms with E-state index in [1.54, 1.807) is 0 Å². The number of ether oxygens (including phenoxy) is 1. The molecule has 0 aromatic rings. The third kappa shape index (κ3) is 2.70. The molecule has 0 aliphatic heterocycles. The van der Waals surface area contributed by atoms with Gasteiger partial charge in [-0.05, 0) is 32.1 Å². The third-order valence-corrected chi connectivity index (χ3v) is 2.16. The van der Waals surface area contributed by atoms with E-state index >= 15 is 0 Å². The quantitative estimate of drug-likeness (QED) is 0.536. The minimum atomic E-state index is 0.534. The van der Waals surface area contributed by atoms with Gasteiger partial charge in [-0.1, -0.05) is 13.3 Å². The fraction of sp³-hybridized carbons (Fsp3) is 1.00. The zero-order valence-corrected chi connectivity index (χ0v) is 7.10. The molecule has 1 aliphatic carbocycles. The zero-order valence-electron chi connectivity index (χ0n) is 7.10. The minimum absolute atomic E-state index is 0.534. The largest absolute Gasteiger partial charge is 0.378 e. The second-order valence-electron chi connectivity index (χ2n) is 3.27. The summed E-state index contributed by atoms with van der Waals surface area (Å²) in [5.41, 5.74) is 0. The summed E-state index contributed by atoms with van der Waals surface area (Å²) in [6.07, 6.45) is 5.79. The van der Waals surface area contributed by atoms with Crippen LogP contribution >= 0.6 is 0 Å². The first kappa shape index (κ1) is 8.06. The van der Waals surface area contributed by atoms with Crippen LogP contribution in [0.4, 0.5) is 0 Å². The first-order chi connectivity index (χ1) is 4.84. The van der Waals surface area contributed by atoms with Crippen LogP contribution in [0.1, 0.15) is 39.5 Å². The molecule has 0 saturated heterocycles. The number of hydrogen-bond acceptors (Lipinski definition) is 1. The maximum Gasteiger partial charge on any atom is 0.0575 e. The SMILES string of the molecule is CCCCOC(C)C1CC1. The van der Waals surface area contributed by atoms with Gasteiger partial charge in [0.1, 0.15) is 0 Å². The van der Waals surface area contributed by atoms with E-state index in [2.05, 4.69) is 13.8 Å². The highest BCUT2D eigenvalue weighted by Crippen LogP contribution is 2.33. The molecule has 1 rings (SSSR count). The topological polar surface area (TPSA) is 9.23 Å². The summed E-state index contributed by atoms with van der Waals surface area (Å²) < 4.78 is 5.61. The molecule has 1 aliphatic rings. The van der Waals surface area contributed by atoms with Crippen molar-refractivity contribution in [2.75, 3.05) is 6.61 Å². The van der Waals surface area contributed by atoms with Crippen LogP contribution in [0.2, 0.25) is 0 Å². The first-order valence-electron chi connectivity index (χ1n) is 4.46. The normalized spacial score (nSPS) is 21.0. The van der Waals surface area contributed by atoms with E-state index in [-0.39, 0.29) is 0 Å². The van der Waals surface area contributed by atoms with Gasteiger partial charge in [-0.15, -0.1) is 0 Å². The van der Waals surface area contributed by atoms with Crippen LogP contribution in [0.5, 0.6) is 0 Å². The van der Waals surface area contributed by atoms with Gasteiger partial charge in [0.25, 0.3) is 0 Å². The Morgan fingerprint density at radius 3 is 2.70 bits per heavy atom. The van der Waals surface area contributed by atoms with E-state index in [9.17, 15) is 0 Å². The number of rotatable bonds is 5. The van der Waals surface area contributed by atoms with E-state index in [1.807, 2.05) is 0 Å². The van der Waals surface area contributed by atoms with Crippen LogP contribution < -0.4 is 0 Å². The summed E-state index contributed by atoms with van der Waals surface area (Å²) in [5, 5.41) is 0. The van der Waals surface area contributed by atoms with E-state index in [0.717, 1.165) is 12.5 Å². The van der Waals surface area contributed by atoms with Gasteiger partial charge in [0.05, 0.1) is 6.10 Å². The Balaban J connectivity index is 1.90. The van der Waals surface area contributed by atoms with Crippen LogP contribution in [-0.2, 0) is 4.74 Å². The summed E-state index contributed by atoms with van der Waals surface area (Å²) in [6, 6.07) is 0. The average Bonchev–Trinajstić information content (AvgIpc) is 2.69. The highest BCUT2D eigenvalue weighted by Gasteiger charge is 2.28. The fourth-order valence-corrected chi connectivity index (χ4v) is 1.12. The van der Waals surface area contributed by atoms with Crippen molar-refractivity contribution in [1.29, 1.82) is 0 Å². The summed E-state index contributed by atoms with van der Waals surface area (Å²) >= 11 is 0. The van der Waals surface area contributed by atoms with Crippen molar-refractivity contribution in [3.8, 4) is 0 Å². The predicted octanol–water partition coefficient (Wildman–Crippen LogP) is 2.60. The van der Waals surface area contributed by atoms with Gasteiger partial charge in [0.2, 0.25) is 0 Å². The Morgan fingerprint density at radius 1 is 1.50 bits per heavy atom. The average molecular weight is 142 g/mol. The van der Waals surface area contributed by atoms with Crippen molar-refractivity contribution in [2.24, 2.45) is 5.92 Å². The standard InChI is InChI=1S/C9H18O/c1-3-4-7-10-8(2)9-5-6-9/h8-9H,3-7H2,1-2H3. The maximum absolute atomic E-state index is 5.61. The van der Waals surface area contributed by atoms with Crippen molar-refractivity contribution >= 4 is 0 Å². The molecule has 0 heterocycles. The van der Waals surface area contributed by atoms with E-state index in [1.165, 1.54) is 25.7 Å². The summed E-state index contributed by atoms with van der Waals surface area (Å²) in [5.74, 6) is 0.900. The molecule has 1 nitrogen and oxygen atoms in total. The molecule has 60 valence electrons. The lowest BCUT2D eigenvalue weighted by Gasteiger charge is -2.10. The summed E-state index contributed by atoms with van der Waals surface area (Å²) in [4.78, 5) is 0. The minimum Gasteiger partial charge on any atom is -0.378 e. The van der Waals surface area contributed by atoms with Gasteiger partial charge >= 0.3 is 0 Å². The Kier molecular flexibility index (Phi) is 3.20. The van der Waals surface area contributed by atoms with Crippen molar-refractivity contribution in [3.63, 3.8) is 0 Å². The number of unbranched alkanes of at least 4 members (excludes halogenated alkanes) is 1. The lowest BCUT2D eigenvalue weighted by atomic mass is 10.2. The number of hydrogen-bond donors (Lipinski definition) is 0. The molecule has 0 bridgehead atoms. The van der Waals surface area contributed by atoms with Crippen LogP contribution in [0.25, 0.3) is 0 Å². The molecule has 0 aromatic heterocycles. The maximum atomic E-state index is 5.61. The van der Waals surface area contributed by atoms with Crippen molar-refractivity contribution in [1.82, 2.24) is 0 Å². The molecule has 1 unspecified atom stereocenters. The second-order valence-corrected chi connectivity index (χ2v) is 3.27. The highest BCUT2D eigenvalue weighted by molar-refractivity contribution is 4.78. The molecule has 0 radical (unpaired) electrons. The van der Waals surface area contributed by atoms with E-state index < -0.39 is 0 Å². The van der Waals surface area contributed by atoms with Gasteiger partial charge in [0, 0.05) is 6.61 Å². The molecule has 1 atom stereocenters. The fourth-order valence-electron chi connectivity index (χ4n) is 1.12. The van der Waals surface area contributed by atoms with Crippen molar-refractivity contribution < 1.29 is 4.74 Å². The monoisotopic (exact) mass is 142 g/mol. The molecular formula is C9H18O. The predicted molar refractivity (Wildman–Crippen MR) is 43.0 cm³/mol. The van der Waals surface area contributed by atoms with Crippen LogP contribution in [0.3, 0.4) is 0 Å². The zero-order chi connectivity index (χ0) is 7.40. The summed E-state index contributed by atoms with van der Waals surface area (Å²) in [6.45, 7) is 5.37. The van der Waals surface area contributed by atoms with Crippen LogP contribution in [-0.4, -0.2) is 12.7 Å². The molecule has 0 spiro atoms. The Morgan fingerprint density at radius 2 is 2.20 bits per heavy atom. The third-order valence-electron chi connectivity index (χ3n) is 2.16. The van der Waals surface area contributed by atoms with Gasteiger partial charge in [0.15, 0.2) is 0 Å². The van der Waals surface area contributed by atoms with Crippen molar-refractivity contribution in [3.05, 3.63) is 0 Å². The lowest BCUT2D eigenvalue weighted by molar-refractivity contribution is 0.0494. The molecule has 1 heteroatoms. The second kappa shape index (κ2) is 3.97.